The molecule has 2 bridgehead atoms. The number of halogens is 2. The summed E-state index contributed by atoms with van der Waals surface area (Å²) >= 11 is 5.99. The number of aromatic nitrogens is 6. The van der Waals surface area contributed by atoms with Crippen LogP contribution in [0.3, 0.4) is 0 Å². The predicted molar refractivity (Wildman–Crippen MR) is 146 cm³/mol. The molecule has 5 rings (SSSR count). The van der Waals surface area contributed by atoms with Crippen LogP contribution in [0.25, 0.3) is 23.0 Å². The quantitative estimate of drug-likeness (QED) is 0.267. The van der Waals surface area contributed by atoms with Crippen molar-refractivity contribution in [2.75, 3.05) is 11.9 Å². The van der Waals surface area contributed by atoms with Gasteiger partial charge in [0.25, 0.3) is 0 Å². The van der Waals surface area contributed by atoms with Crippen LogP contribution in [0.15, 0.2) is 48.8 Å². The molecule has 1 aliphatic heterocycles. The van der Waals surface area contributed by atoms with Gasteiger partial charge in [0, 0.05) is 28.9 Å². The Kier molecular flexibility index (Phi) is 8.14. The summed E-state index contributed by atoms with van der Waals surface area (Å²) in [5.74, 6) is -0.777. The molecule has 4 N–H and O–H groups in total. The van der Waals surface area contributed by atoms with Crippen LogP contribution in [0, 0.1) is 17.1 Å². The molecule has 3 heterocycles. The number of rotatable bonds is 5. The fourth-order valence-corrected chi connectivity index (χ4v) is 4.82. The first-order valence-electron chi connectivity index (χ1n) is 12.6. The third kappa shape index (κ3) is 5.70. The van der Waals surface area contributed by atoms with Crippen molar-refractivity contribution in [2.45, 2.75) is 37.8 Å². The standard InChI is InChI=1S/C27H25ClFN9O2/c28-19-10-11-23(38-15-31-36-37-38)18(25(19)29)9-12-24(40)33-21-8-3-1-5-16(14-39)32-20-7-4-2-6-17(20)26-22(13-30)34-27(21)35-26/h2,4,6-7,9-12,15-16,21,32,39H,1,3,5,8,14H2,(H,33,40)(H,34,35)/b12-9+/t16-,21+/m1/s1. The number of aliphatic hydroxyl groups excluding tert-OH is 1. The molecule has 0 saturated carbocycles. The summed E-state index contributed by atoms with van der Waals surface area (Å²) in [6, 6.07) is 11.8. The molecule has 0 spiro atoms. The first-order valence-corrected chi connectivity index (χ1v) is 13.0. The highest BCUT2D eigenvalue weighted by Gasteiger charge is 2.24. The molecule has 0 fully saturated rings. The number of anilines is 1. The monoisotopic (exact) mass is 561 g/mol. The van der Waals surface area contributed by atoms with Gasteiger partial charge in [-0.3, -0.25) is 4.79 Å². The van der Waals surface area contributed by atoms with Crippen molar-refractivity contribution in [1.82, 2.24) is 35.5 Å². The molecule has 2 atom stereocenters. The van der Waals surface area contributed by atoms with Gasteiger partial charge in [-0.25, -0.2) is 9.37 Å². The molecule has 13 heteroatoms. The van der Waals surface area contributed by atoms with Gasteiger partial charge < -0.3 is 20.7 Å². The van der Waals surface area contributed by atoms with Crippen LogP contribution in [0.2, 0.25) is 5.02 Å². The Morgan fingerprint density at radius 3 is 2.88 bits per heavy atom. The summed E-state index contributed by atoms with van der Waals surface area (Å²) in [5.41, 5.74) is 2.51. The molecule has 2 aromatic carbocycles. The molecule has 11 nitrogen and oxygen atoms in total. The van der Waals surface area contributed by atoms with E-state index in [0.717, 1.165) is 18.5 Å². The lowest BCUT2D eigenvalue weighted by atomic mass is 10.0. The lowest BCUT2D eigenvalue weighted by molar-refractivity contribution is -0.117. The van der Waals surface area contributed by atoms with Crippen molar-refractivity contribution in [1.29, 1.82) is 5.26 Å². The van der Waals surface area contributed by atoms with Crippen LogP contribution in [-0.4, -0.2) is 53.8 Å². The number of nitriles is 1. The van der Waals surface area contributed by atoms with E-state index in [1.165, 1.54) is 29.2 Å². The van der Waals surface area contributed by atoms with Crippen molar-refractivity contribution in [3.8, 4) is 23.0 Å². The van der Waals surface area contributed by atoms with E-state index in [4.69, 9.17) is 16.6 Å². The number of nitrogens with zero attached hydrogens (tertiary/aromatic N) is 6. The average Bonchev–Trinajstić information content (AvgIpc) is 3.65. The predicted octanol–water partition coefficient (Wildman–Crippen LogP) is 3.93. The van der Waals surface area contributed by atoms with E-state index in [0.29, 0.717) is 35.6 Å². The minimum absolute atomic E-state index is 0.0415. The maximum Gasteiger partial charge on any atom is 0.244 e. The van der Waals surface area contributed by atoms with Crippen LogP contribution in [0.1, 0.15) is 48.8 Å². The highest BCUT2D eigenvalue weighted by atomic mass is 35.5. The van der Waals surface area contributed by atoms with Gasteiger partial charge in [0.2, 0.25) is 5.91 Å². The van der Waals surface area contributed by atoms with Gasteiger partial charge in [0.1, 0.15) is 29.6 Å². The van der Waals surface area contributed by atoms with E-state index < -0.39 is 17.8 Å². The minimum atomic E-state index is -0.718. The van der Waals surface area contributed by atoms with Crippen LogP contribution in [0.4, 0.5) is 10.1 Å². The van der Waals surface area contributed by atoms with E-state index >= 15 is 0 Å². The number of nitrogens with one attached hydrogen (secondary N) is 3. The number of hydrogen-bond acceptors (Lipinski definition) is 8. The number of carbonyl (C=O) groups is 1. The Morgan fingerprint density at radius 2 is 2.10 bits per heavy atom. The van der Waals surface area contributed by atoms with Crippen LogP contribution >= 0.6 is 11.6 Å². The second kappa shape index (κ2) is 12.1. The number of aromatic amines is 1. The summed E-state index contributed by atoms with van der Waals surface area (Å²) < 4.78 is 16.2. The first kappa shape index (κ1) is 27.0. The average molecular weight is 562 g/mol. The van der Waals surface area contributed by atoms with Crippen LogP contribution in [0.5, 0.6) is 0 Å². The smallest absolute Gasteiger partial charge is 0.244 e. The maximum atomic E-state index is 14.9. The normalized spacial score (nSPS) is 17.2. The van der Waals surface area contributed by atoms with Gasteiger partial charge in [-0.15, -0.1) is 5.10 Å². The highest BCUT2D eigenvalue weighted by Crippen LogP contribution is 2.33. The Labute approximate surface area is 233 Å². The first-order chi connectivity index (χ1) is 19.5. The molecule has 0 radical (unpaired) electrons. The third-order valence-electron chi connectivity index (χ3n) is 6.64. The fourth-order valence-electron chi connectivity index (χ4n) is 4.66. The van der Waals surface area contributed by atoms with E-state index in [-0.39, 0.29) is 28.9 Å². The molecular formula is C27H25ClFN9O2. The van der Waals surface area contributed by atoms with E-state index in [1.54, 1.807) is 6.07 Å². The second-order valence-corrected chi connectivity index (χ2v) is 9.66. The number of carbonyl (C=O) groups excluding carboxylic acids is 1. The number of para-hydroxylation sites is 1. The lowest BCUT2D eigenvalue weighted by Crippen LogP contribution is -2.28. The van der Waals surface area contributed by atoms with E-state index in [1.807, 2.05) is 24.3 Å². The van der Waals surface area contributed by atoms with E-state index in [9.17, 15) is 19.6 Å². The number of H-pyrrole nitrogens is 1. The zero-order chi connectivity index (χ0) is 28.1. The lowest BCUT2D eigenvalue weighted by Gasteiger charge is -2.21. The molecule has 0 aliphatic carbocycles. The van der Waals surface area contributed by atoms with Crippen molar-refractivity contribution >= 4 is 29.3 Å². The number of imidazole rings is 1. The van der Waals surface area contributed by atoms with Gasteiger partial charge in [0.15, 0.2) is 5.82 Å². The summed E-state index contributed by atoms with van der Waals surface area (Å²) in [6.07, 6.45) is 6.56. The summed E-state index contributed by atoms with van der Waals surface area (Å²) in [5, 5.41) is 36.9. The second-order valence-electron chi connectivity index (χ2n) is 9.25. The molecule has 40 heavy (non-hydrogen) atoms. The number of hydrogen-bond donors (Lipinski definition) is 4. The number of benzene rings is 2. The molecule has 1 amide bonds. The largest absolute Gasteiger partial charge is 0.394 e. The SMILES string of the molecule is N#Cc1[nH]c2nc1-c1ccccc1N[C@@H](CO)CCCC[C@@H]2NC(=O)/C=C/c1c(-n2cnnn2)ccc(Cl)c1F. The van der Waals surface area contributed by atoms with Crippen molar-refractivity contribution < 1.29 is 14.3 Å². The number of amides is 1. The van der Waals surface area contributed by atoms with Crippen molar-refractivity contribution in [3.63, 3.8) is 0 Å². The van der Waals surface area contributed by atoms with Gasteiger partial charge in [-0.1, -0.05) is 42.6 Å². The van der Waals surface area contributed by atoms with Gasteiger partial charge in [-0.2, -0.15) is 9.94 Å². The zero-order valence-corrected chi connectivity index (χ0v) is 21.9. The van der Waals surface area contributed by atoms with Crippen molar-refractivity contribution in [3.05, 3.63) is 76.7 Å². The van der Waals surface area contributed by atoms with Crippen molar-refractivity contribution in [2.24, 2.45) is 0 Å². The Morgan fingerprint density at radius 1 is 1.27 bits per heavy atom. The Bertz CT molecular complexity index is 1580. The summed E-state index contributed by atoms with van der Waals surface area (Å²) in [7, 11) is 0. The van der Waals surface area contributed by atoms with Crippen LogP contribution < -0.4 is 10.6 Å². The molecule has 2 aromatic heterocycles. The van der Waals surface area contributed by atoms with Gasteiger partial charge in [-0.05, 0) is 47.5 Å². The zero-order valence-electron chi connectivity index (χ0n) is 21.2. The number of fused-ring (bicyclic) bond motifs is 4. The summed E-state index contributed by atoms with van der Waals surface area (Å²) in [4.78, 5) is 20.9. The summed E-state index contributed by atoms with van der Waals surface area (Å²) in [6.45, 7) is -0.0527. The van der Waals surface area contributed by atoms with Gasteiger partial charge >= 0.3 is 0 Å². The topological polar surface area (TPSA) is 157 Å². The maximum absolute atomic E-state index is 14.9. The molecular weight excluding hydrogens is 537 g/mol. The highest BCUT2D eigenvalue weighted by molar-refractivity contribution is 6.31. The molecule has 0 unspecified atom stereocenters. The van der Waals surface area contributed by atoms with E-state index in [2.05, 4.69) is 37.2 Å². The van der Waals surface area contributed by atoms with Gasteiger partial charge in [0.05, 0.1) is 23.4 Å². The third-order valence-corrected chi connectivity index (χ3v) is 6.94. The molecule has 4 aromatic rings. The molecule has 204 valence electrons. The fraction of sp³-hybridized carbons (Fsp3) is 0.259. The molecule has 1 aliphatic rings. The molecule has 0 saturated heterocycles. The Hall–Kier alpha value is -4.60. The van der Waals surface area contributed by atoms with Crippen LogP contribution in [-0.2, 0) is 4.79 Å². The Balaban J connectivity index is 1.45. The minimum Gasteiger partial charge on any atom is -0.394 e. The number of tetrazole rings is 1. The number of aliphatic hydroxyl groups is 1.